The van der Waals surface area contributed by atoms with E-state index in [1.54, 1.807) is 10.9 Å². The first-order valence-electron chi connectivity index (χ1n) is 7.05. The van der Waals surface area contributed by atoms with E-state index in [9.17, 15) is 9.59 Å². The standard InChI is InChI=1S/C16H19N3O3/c1-18-10-14(9-17-18)7-8-15(20)19(12-16(21)22)11-13-5-3-2-4-6-13/h2-6,9-10H,7-8,11-12H2,1H3,(H,21,22). The van der Waals surface area contributed by atoms with Crippen molar-refractivity contribution in [2.45, 2.75) is 19.4 Å². The van der Waals surface area contributed by atoms with Crippen molar-refractivity contribution in [2.75, 3.05) is 6.54 Å². The Kier molecular flexibility index (Phi) is 5.30. The molecule has 6 heteroatoms. The Morgan fingerprint density at radius 3 is 2.55 bits per heavy atom. The van der Waals surface area contributed by atoms with Gasteiger partial charge in [-0.15, -0.1) is 0 Å². The first kappa shape index (κ1) is 15.8. The van der Waals surface area contributed by atoms with Gasteiger partial charge in [-0.2, -0.15) is 5.10 Å². The Balaban J connectivity index is 1.97. The summed E-state index contributed by atoms with van der Waals surface area (Å²) in [7, 11) is 1.82. The number of carboxylic acid groups (broad SMARTS) is 1. The minimum Gasteiger partial charge on any atom is -0.480 e. The summed E-state index contributed by atoms with van der Waals surface area (Å²) in [5, 5.41) is 13.0. The third kappa shape index (κ3) is 4.73. The normalized spacial score (nSPS) is 10.4. The van der Waals surface area contributed by atoms with E-state index in [1.165, 1.54) is 4.90 Å². The van der Waals surface area contributed by atoms with E-state index >= 15 is 0 Å². The molecule has 6 nitrogen and oxygen atoms in total. The summed E-state index contributed by atoms with van der Waals surface area (Å²) in [4.78, 5) is 24.6. The highest BCUT2D eigenvalue weighted by Gasteiger charge is 2.17. The molecule has 2 aromatic rings. The molecule has 1 aromatic heterocycles. The zero-order chi connectivity index (χ0) is 15.9. The lowest BCUT2D eigenvalue weighted by Gasteiger charge is -2.20. The molecule has 116 valence electrons. The van der Waals surface area contributed by atoms with Crippen LogP contribution in [0.3, 0.4) is 0 Å². The van der Waals surface area contributed by atoms with E-state index in [1.807, 2.05) is 43.6 Å². The third-order valence-electron chi connectivity index (χ3n) is 3.28. The summed E-state index contributed by atoms with van der Waals surface area (Å²) in [6.07, 6.45) is 4.39. The summed E-state index contributed by atoms with van der Waals surface area (Å²) in [5.41, 5.74) is 1.88. The summed E-state index contributed by atoms with van der Waals surface area (Å²) in [6, 6.07) is 9.38. The van der Waals surface area contributed by atoms with Crippen molar-refractivity contribution in [3.8, 4) is 0 Å². The molecule has 0 aliphatic carbocycles. The van der Waals surface area contributed by atoms with Gasteiger partial charge >= 0.3 is 5.97 Å². The van der Waals surface area contributed by atoms with Crippen molar-refractivity contribution in [3.63, 3.8) is 0 Å². The zero-order valence-electron chi connectivity index (χ0n) is 12.5. The van der Waals surface area contributed by atoms with Crippen LogP contribution in [0, 0.1) is 0 Å². The highest BCUT2D eigenvalue weighted by atomic mass is 16.4. The van der Waals surface area contributed by atoms with E-state index in [2.05, 4.69) is 5.10 Å². The monoisotopic (exact) mass is 301 g/mol. The predicted molar refractivity (Wildman–Crippen MR) is 81.0 cm³/mol. The highest BCUT2D eigenvalue weighted by molar-refractivity contribution is 5.81. The van der Waals surface area contributed by atoms with Gasteiger partial charge in [0.05, 0.1) is 6.20 Å². The predicted octanol–water partition coefficient (Wildman–Crippen LogP) is 1.47. The van der Waals surface area contributed by atoms with Crippen LogP contribution in [-0.2, 0) is 29.6 Å². The average molecular weight is 301 g/mol. The number of carboxylic acids is 1. The zero-order valence-corrected chi connectivity index (χ0v) is 12.5. The molecule has 1 amide bonds. The number of aromatic nitrogens is 2. The second-order valence-corrected chi connectivity index (χ2v) is 5.15. The maximum absolute atomic E-state index is 12.3. The third-order valence-corrected chi connectivity index (χ3v) is 3.28. The Bertz CT molecular complexity index is 637. The molecular weight excluding hydrogens is 282 g/mol. The first-order valence-corrected chi connectivity index (χ1v) is 7.05. The van der Waals surface area contributed by atoms with Crippen LogP contribution in [0.5, 0.6) is 0 Å². The van der Waals surface area contributed by atoms with Gasteiger partial charge in [-0.05, 0) is 17.5 Å². The number of hydrogen-bond donors (Lipinski definition) is 1. The number of aliphatic carboxylic acids is 1. The Morgan fingerprint density at radius 1 is 1.23 bits per heavy atom. The molecule has 0 unspecified atom stereocenters. The molecule has 1 aromatic carbocycles. The quantitative estimate of drug-likeness (QED) is 0.840. The van der Waals surface area contributed by atoms with E-state index in [0.717, 1.165) is 11.1 Å². The maximum Gasteiger partial charge on any atom is 0.323 e. The first-order chi connectivity index (χ1) is 10.5. The minimum atomic E-state index is -1.01. The van der Waals surface area contributed by atoms with Crippen LogP contribution in [0.25, 0.3) is 0 Å². The van der Waals surface area contributed by atoms with Crippen molar-refractivity contribution in [1.82, 2.24) is 14.7 Å². The van der Waals surface area contributed by atoms with Gasteiger partial charge in [0, 0.05) is 26.2 Å². The number of aryl methyl sites for hydroxylation is 2. The molecule has 2 rings (SSSR count). The van der Waals surface area contributed by atoms with E-state index < -0.39 is 5.97 Å². The molecule has 0 fully saturated rings. The Labute approximate surface area is 129 Å². The molecule has 0 saturated carbocycles. The average Bonchev–Trinajstić information content (AvgIpc) is 2.90. The summed E-state index contributed by atoms with van der Waals surface area (Å²) in [6.45, 7) is 0.0137. The second kappa shape index (κ2) is 7.40. The molecule has 1 heterocycles. The van der Waals surface area contributed by atoms with Crippen molar-refractivity contribution in [3.05, 3.63) is 53.9 Å². The van der Waals surface area contributed by atoms with Crippen molar-refractivity contribution >= 4 is 11.9 Å². The van der Waals surface area contributed by atoms with Crippen molar-refractivity contribution < 1.29 is 14.7 Å². The van der Waals surface area contributed by atoms with Gasteiger partial charge in [0.25, 0.3) is 0 Å². The molecular formula is C16H19N3O3. The van der Waals surface area contributed by atoms with E-state index in [-0.39, 0.29) is 18.9 Å². The Morgan fingerprint density at radius 2 is 1.95 bits per heavy atom. The van der Waals surface area contributed by atoms with E-state index in [4.69, 9.17) is 5.11 Å². The summed E-state index contributed by atoms with van der Waals surface area (Å²) < 4.78 is 1.68. The Hall–Kier alpha value is -2.63. The van der Waals surface area contributed by atoms with Crippen LogP contribution in [-0.4, -0.2) is 38.2 Å². The molecule has 0 saturated heterocycles. The number of carbonyl (C=O) groups excluding carboxylic acids is 1. The van der Waals surface area contributed by atoms with E-state index in [0.29, 0.717) is 13.0 Å². The minimum absolute atomic E-state index is 0.171. The SMILES string of the molecule is Cn1cc(CCC(=O)N(CC(=O)O)Cc2ccccc2)cn1. The van der Waals surface area contributed by atoms with Crippen LogP contribution in [0.1, 0.15) is 17.5 Å². The molecule has 0 radical (unpaired) electrons. The summed E-state index contributed by atoms with van der Waals surface area (Å²) in [5.74, 6) is -1.18. The van der Waals surface area contributed by atoms with Crippen LogP contribution in [0.15, 0.2) is 42.7 Å². The molecule has 0 aliphatic rings. The van der Waals surface area contributed by atoms with Crippen LogP contribution in [0.4, 0.5) is 0 Å². The number of amides is 1. The largest absolute Gasteiger partial charge is 0.480 e. The smallest absolute Gasteiger partial charge is 0.323 e. The van der Waals surface area contributed by atoms with Gasteiger partial charge in [0.15, 0.2) is 0 Å². The molecule has 1 N–H and O–H groups in total. The van der Waals surface area contributed by atoms with Crippen LogP contribution in [0.2, 0.25) is 0 Å². The number of hydrogen-bond acceptors (Lipinski definition) is 3. The lowest BCUT2D eigenvalue weighted by molar-refractivity contribution is -0.144. The number of benzene rings is 1. The summed E-state index contributed by atoms with van der Waals surface area (Å²) >= 11 is 0. The molecule has 0 bridgehead atoms. The van der Waals surface area contributed by atoms with Gasteiger partial charge in [-0.3, -0.25) is 14.3 Å². The molecule has 0 spiro atoms. The van der Waals surface area contributed by atoms with Crippen molar-refractivity contribution in [2.24, 2.45) is 7.05 Å². The molecule has 0 aliphatic heterocycles. The number of carbonyl (C=O) groups is 2. The van der Waals surface area contributed by atoms with Gasteiger partial charge in [-0.1, -0.05) is 30.3 Å². The van der Waals surface area contributed by atoms with Gasteiger partial charge in [0.2, 0.25) is 5.91 Å². The lowest BCUT2D eigenvalue weighted by Crippen LogP contribution is -2.35. The van der Waals surface area contributed by atoms with Gasteiger partial charge < -0.3 is 10.0 Å². The highest BCUT2D eigenvalue weighted by Crippen LogP contribution is 2.08. The van der Waals surface area contributed by atoms with Gasteiger partial charge in [-0.25, -0.2) is 0 Å². The fourth-order valence-corrected chi connectivity index (χ4v) is 2.21. The number of rotatable bonds is 7. The molecule has 22 heavy (non-hydrogen) atoms. The van der Waals surface area contributed by atoms with Crippen LogP contribution < -0.4 is 0 Å². The fraction of sp³-hybridized carbons (Fsp3) is 0.312. The fourth-order valence-electron chi connectivity index (χ4n) is 2.21. The van der Waals surface area contributed by atoms with Crippen LogP contribution >= 0.6 is 0 Å². The number of nitrogens with zero attached hydrogens (tertiary/aromatic N) is 3. The molecule has 0 atom stereocenters. The van der Waals surface area contributed by atoms with Crippen molar-refractivity contribution in [1.29, 1.82) is 0 Å². The van der Waals surface area contributed by atoms with Gasteiger partial charge in [0.1, 0.15) is 6.54 Å². The maximum atomic E-state index is 12.3. The lowest BCUT2D eigenvalue weighted by atomic mass is 10.1. The second-order valence-electron chi connectivity index (χ2n) is 5.15. The topological polar surface area (TPSA) is 75.4 Å².